The summed E-state index contributed by atoms with van der Waals surface area (Å²) in [7, 11) is 0. The molecule has 1 atom stereocenters. The molecule has 3 amide bonds. The van der Waals surface area contributed by atoms with Crippen molar-refractivity contribution < 1.29 is 14.1 Å². The molecule has 0 unspecified atom stereocenters. The maximum absolute atomic E-state index is 12.6. The maximum Gasteiger partial charge on any atom is 0.325 e. The summed E-state index contributed by atoms with van der Waals surface area (Å²) in [6.07, 6.45) is 2.37. The molecule has 0 aliphatic carbocycles. The first-order valence-electron chi connectivity index (χ1n) is 8.15. The van der Waals surface area contributed by atoms with E-state index in [1.165, 1.54) is 4.90 Å². The number of carbonyl (C=O) groups is 2. The zero-order valence-electron chi connectivity index (χ0n) is 13.8. The number of imide groups is 1. The molecule has 0 radical (unpaired) electrons. The van der Waals surface area contributed by atoms with Crippen molar-refractivity contribution in [1.82, 2.24) is 25.3 Å². The van der Waals surface area contributed by atoms with Crippen LogP contribution in [0.15, 0.2) is 4.52 Å². The van der Waals surface area contributed by atoms with E-state index in [9.17, 15) is 9.59 Å². The molecule has 23 heavy (non-hydrogen) atoms. The molecular formula is C15H23N5O3. The third kappa shape index (κ3) is 2.83. The predicted molar refractivity (Wildman–Crippen MR) is 81.4 cm³/mol. The summed E-state index contributed by atoms with van der Waals surface area (Å²) >= 11 is 0. The molecule has 0 bridgehead atoms. The Hall–Kier alpha value is -1.96. The van der Waals surface area contributed by atoms with E-state index in [1.807, 2.05) is 13.8 Å². The van der Waals surface area contributed by atoms with Crippen LogP contribution in [0.3, 0.4) is 0 Å². The minimum Gasteiger partial charge on any atom is -0.338 e. The first kappa shape index (κ1) is 15.9. The van der Waals surface area contributed by atoms with Gasteiger partial charge in [-0.2, -0.15) is 4.98 Å². The molecule has 1 aromatic heterocycles. The largest absolute Gasteiger partial charge is 0.338 e. The van der Waals surface area contributed by atoms with Crippen molar-refractivity contribution in [2.24, 2.45) is 0 Å². The van der Waals surface area contributed by atoms with Crippen LogP contribution in [0.25, 0.3) is 0 Å². The minimum atomic E-state index is -0.798. The summed E-state index contributed by atoms with van der Waals surface area (Å²) in [6.45, 7) is 7.45. The van der Waals surface area contributed by atoms with E-state index in [4.69, 9.17) is 4.52 Å². The second-order valence-electron chi connectivity index (χ2n) is 6.60. The number of hydrogen-bond donors (Lipinski definition) is 1. The van der Waals surface area contributed by atoms with Crippen molar-refractivity contribution in [3.63, 3.8) is 0 Å². The molecule has 3 rings (SSSR count). The fourth-order valence-electron chi connectivity index (χ4n) is 3.28. The van der Waals surface area contributed by atoms with Crippen molar-refractivity contribution in [1.29, 1.82) is 0 Å². The molecule has 3 heterocycles. The molecule has 1 aromatic rings. The van der Waals surface area contributed by atoms with Crippen LogP contribution < -0.4 is 5.32 Å². The van der Waals surface area contributed by atoms with E-state index < -0.39 is 5.54 Å². The summed E-state index contributed by atoms with van der Waals surface area (Å²) in [5.74, 6) is 1.15. The Morgan fingerprint density at radius 3 is 2.83 bits per heavy atom. The van der Waals surface area contributed by atoms with E-state index in [-0.39, 0.29) is 18.0 Å². The number of aromatic nitrogens is 2. The van der Waals surface area contributed by atoms with Gasteiger partial charge in [-0.25, -0.2) is 4.79 Å². The Bertz CT molecular complexity index is 614. The van der Waals surface area contributed by atoms with Gasteiger partial charge in [0.1, 0.15) is 5.54 Å². The minimum absolute atomic E-state index is 0.128. The van der Waals surface area contributed by atoms with Gasteiger partial charge in [0.25, 0.3) is 5.91 Å². The number of urea groups is 1. The van der Waals surface area contributed by atoms with Gasteiger partial charge < -0.3 is 9.84 Å². The number of nitrogens with zero attached hydrogens (tertiary/aromatic N) is 4. The van der Waals surface area contributed by atoms with Crippen LogP contribution in [-0.4, -0.2) is 56.5 Å². The lowest BCUT2D eigenvalue weighted by Gasteiger charge is -2.22. The average molecular weight is 321 g/mol. The van der Waals surface area contributed by atoms with Gasteiger partial charge >= 0.3 is 6.03 Å². The fraction of sp³-hybridized carbons (Fsp3) is 0.733. The van der Waals surface area contributed by atoms with Crippen molar-refractivity contribution in [2.75, 3.05) is 13.1 Å². The van der Waals surface area contributed by atoms with Gasteiger partial charge in [0, 0.05) is 25.6 Å². The molecule has 2 aliphatic rings. The fourth-order valence-corrected chi connectivity index (χ4v) is 3.28. The lowest BCUT2D eigenvalue weighted by atomic mass is 9.99. The summed E-state index contributed by atoms with van der Waals surface area (Å²) < 4.78 is 5.25. The first-order valence-corrected chi connectivity index (χ1v) is 8.15. The number of rotatable bonds is 5. The van der Waals surface area contributed by atoms with Gasteiger partial charge in [-0.15, -0.1) is 0 Å². The molecule has 2 aliphatic heterocycles. The van der Waals surface area contributed by atoms with E-state index in [2.05, 4.69) is 27.3 Å². The summed E-state index contributed by atoms with van der Waals surface area (Å²) in [6, 6.07) is -0.432. The SMILES string of the molecule is CCCc1noc(CN2CC[C@@]3(C2)NC(=O)N(C(C)C)C3=O)n1. The summed E-state index contributed by atoms with van der Waals surface area (Å²) in [4.78, 5) is 32.4. The van der Waals surface area contributed by atoms with Crippen LogP contribution in [-0.2, 0) is 17.8 Å². The molecule has 2 fully saturated rings. The van der Waals surface area contributed by atoms with Crippen LogP contribution in [0.5, 0.6) is 0 Å². The number of likely N-dealkylation sites (tertiary alicyclic amines) is 1. The molecule has 8 heteroatoms. The van der Waals surface area contributed by atoms with Crippen LogP contribution >= 0.6 is 0 Å². The highest BCUT2D eigenvalue weighted by Gasteiger charge is 2.55. The summed E-state index contributed by atoms with van der Waals surface area (Å²) in [5, 5.41) is 6.82. The zero-order chi connectivity index (χ0) is 16.6. The highest BCUT2D eigenvalue weighted by Crippen LogP contribution is 2.30. The highest BCUT2D eigenvalue weighted by molar-refractivity contribution is 6.07. The molecule has 2 saturated heterocycles. The topological polar surface area (TPSA) is 91.6 Å². The van der Waals surface area contributed by atoms with E-state index in [1.54, 1.807) is 0 Å². The summed E-state index contributed by atoms with van der Waals surface area (Å²) in [5.41, 5.74) is -0.798. The molecule has 8 nitrogen and oxygen atoms in total. The average Bonchev–Trinajstić information content (AvgIpc) is 3.13. The van der Waals surface area contributed by atoms with Crippen LogP contribution in [0, 0.1) is 0 Å². The lowest BCUT2D eigenvalue weighted by Crippen LogP contribution is -2.49. The molecule has 0 saturated carbocycles. The Balaban J connectivity index is 1.66. The van der Waals surface area contributed by atoms with Gasteiger partial charge in [-0.1, -0.05) is 12.1 Å². The van der Waals surface area contributed by atoms with Gasteiger partial charge in [0.05, 0.1) is 6.54 Å². The van der Waals surface area contributed by atoms with Gasteiger partial charge in [0.2, 0.25) is 5.89 Å². The Morgan fingerprint density at radius 2 is 2.17 bits per heavy atom. The zero-order valence-corrected chi connectivity index (χ0v) is 13.8. The van der Waals surface area contributed by atoms with Crippen LogP contribution in [0.4, 0.5) is 4.79 Å². The number of amides is 3. The normalized spacial score (nSPS) is 25.1. The highest BCUT2D eigenvalue weighted by atomic mass is 16.5. The number of nitrogens with one attached hydrogen (secondary N) is 1. The van der Waals surface area contributed by atoms with Crippen LogP contribution in [0.1, 0.15) is 45.3 Å². The third-order valence-corrected chi connectivity index (χ3v) is 4.40. The number of carbonyl (C=O) groups excluding carboxylic acids is 2. The number of aryl methyl sites for hydroxylation is 1. The second-order valence-corrected chi connectivity index (χ2v) is 6.60. The Labute approximate surface area is 135 Å². The van der Waals surface area contributed by atoms with Crippen LogP contribution in [0.2, 0.25) is 0 Å². The van der Waals surface area contributed by atoms with Gasteiger partial charge in [0.15, 0.2) is 5.82 Å². The monoisotopic (exact) mass is 321 g/mol. The predicted octanol–water partition coefficient (Wildman–Crippen LogP) is 0.927. The molecule has 0 aromatic carbocycles. The molecule has 1 N–H and O–H groups in total. The Morgan fingerprint density at radius 1 is 1.39 bits per heavy atom. The third-order valence-electron chi connectivity index (χ3n) is 4.40. The molecule has 1 spiro atoms. The van der Waals surface area contributed by atoms with Gasteiger partial charge in [-0.3, -0.25) is 14.6 Å². The first-order chi connectivity index (χ1) is 10.9. The number of hydrogen-bond acceptors (Lipinski definition) is 6. The smallest absolute Gasteiger partial charge is 0.325 e. The standard InChI is InChI=1S/C15H23N5O3/c1-4-5-11-16-12(23-18-11)8-19-7-6-15(9-19)13(21)20(10(2)3)14(22)17-15/h10H,4-9H2,1-3H3,(H,17,22)/t15-/m0/s1. The van der Waals surface area contributed by atoms with Crippen molar-refractivity contribution >= 4 is 11.9 Å². The molecular weight excluding hydrogens is 298 g/mol. The maximum atomic E-state index is 12.6. The lowest BCUT2D eigenvalue weighted by molar-refractivity contribution is -0.132. The Kier molecular flexibility index (Phi) is 4.09. The van der Waals surface area contributed by atoms with E-state index in [0.717, 1.165) is 12.8 Å². The van der Waals surface area contributed by atoms with Gasteiger partial charge in [-0.05, 0) is 26.7 Å². The second kappa shape index (κ2) is 5.92. The van der Waals surface area contributed by atoms with Crippen molar-refractivity contribution in [3.8, 4) is 0 Å². The quantitative estimate of drug-likeness (QED) is 0.811. The van der Waals surface area contributed by atoms with E-state index in [0.29, 0.717) is 37.8 Å². The molecule has 126 valence electrons. The van der Waals surface area contributed by atoms with E-state index >= 15 is 0 Å². The van der Waals surface area contributed by atoms with Crippen molar-refractivity contribution in [2.45, 2.75) is 58.2 Å². The van der Waals surface area contributed by atoms with Crippen molar-refractivity contribution in [3.05, 3.63) is 11.7 Å².